The van der Waals surface area contributed by atoms with E-state index in [0.717, 1.165) is 11.3 Å². The third-order valence-corrected chi connectivity index (χ3v) is 2.62. The van der Waals surface area contributed by atoms with Crippen molar-refractivity contribution in [2.45, 2.75) is 12.5 Å². The molecular weight excluding hydrogens is 224 g/mol. The minimum atomic E-state index is -0.545. The summed E-state index contributed by atoms with van der Waals surface area (Å²) >= 11 is 0. The highest BCUT2D eigenvalue weighted by atomic mass is 16.2. The van der Waals surface area contributed by atoms with Crippen LogP contribution in [0.5, 0.6) is 0 Å². The molecule has 2 rings (SSSR count). The molecule has 0 fully saturated rings. The average Bonchev–Trinajstić information content (AvgIpc) is 2.41. The Morgan fingerprint density at radius 2 is 1.83 bits per heavy atom. The summed E-state index contributed by atoms with van der Waals surface area (Å²) in [4.78, 5) is 11.9. The Morgan fingerprint density at radius 3 is 2.50 bits per heavy atom. The van der Waals surface area contributed by atoms with Crippen LogP contribution < -0.4 is 11.1 Å². The van der Waals surface area contributed by atoms with E-state index >= 15 is 0 Å². The number of hydrogen-bond donors (Lipinski definition) is 2. The zero-order valence-corrected chi connectivity index (χ0v) is 9.97. The van der Waals surface area contributed by atoms with Gasteiger partial charge in [-0.2, -0.15) is 0 Å². The van der Waals surface area contributed by atoms with Crippen LogP contribution in [0.1, 0.15) is 5.56 Å². The van der Waals surface area contributed by atoms with Crippen molar-refractivity contribution in [2.75, 3.05) is 5.32 Å². The van der Waals surface area contributed by atoms with Crippen LogP contribution in [-0.2, 0) is 11.2 Å². The van der Waals surface area contributed by atoms with Gasteiger partial charge in [0.25, 0.3) is 0 Å². The maximum absolute atomic E-state index is 11.9. The van der Waals surface area contributed by atoms with Gasteiger partial charge in [-0.25, -0.2) is 0 Å². The Hall–Kier alpha value is -2.13. The lowest BCUT2D eigenvalue weighted by molar-refractivity contribution is -0.117. The van der Waals surface area contributed by atoms with Crippen LogP contribution >= 0.6 is 0 Å². The van der Waals surface area contributed by atoms with Gasteiger partial charge in [-0.15, -0.1) is 0 Å². The van der Waals surface area contributed by atoms with Crippen LogP contribution in [-0.4, -0.2) is 11.9 Å². The van der Waals surface area contributed by atoms with E-state index in [0.29, 0.717) is 6.42 Å². The second-order valence-electron chi connectivity index (χ2n) is 4.07. The molecule has 0 heterocycles. The van der Waals surface area contributed by atoms with Crippen LogP contribution in [0.4, 0.5) is 5.69 Å². The van der Waals surface area contributed by atoms with E-state index in [-0.39, 0.29) is 5.91 Å². The first-order valence-corrected chi connectivity index (χ1v) is 5.82. The molecule has 1 amide bonds. The SMILES string of the molecule is N[C@@H](Cc1ccccc1)C(=O)Nc1cc[c]cc1. The average molecular weight is 239 g/mol. The monoisotopic (exact) mass is 239 g/mol. The zero-order chi connectivity index (χ0) is 12.8. The molecule has 18 heavy (non-hydrogen) atoms. The van der Waals surface area contributed by atoms with Gasteiger partial charge in [0.15, 0.2) is 0 Å². The molecule has 1 atom stereocenters. The number of nitrogens with two attached hydrogens (primary N) is 1. The first-order chi connectivity index (χ1) is 8.75. The number of hydrogen-bond acceptors (Lipinski definition) is 2. The van der Waals surface area contributed by atoms with Crippen LogP contribution in [0.25, 0.3) is 0 Å². The summed E-state index contributed by atoms with van der Waals surface area (Å²) in [6, 6.07) is 19.2. The predicted octanol–water partition coefficient (Wildman–Crippen LogP) is 2.00. The van der Waals surface area contributed by atoms with Crippen molar-refractivity contribution in [3.8, 4) is 0 Å². The van der Waals surface area contributed by atoms with Crippen molar-refractivity contribution >= 4 is 11.6 Å². The van der Waals surface area contributed by atoms with E-state index in [1.807, 2.05) is 30.3 Å². The van der Waals surface area contributed by atoms with E-state index in [1.54, 1.807) is 24.3 Å². The lowest BCUT2D eigenvalue weighted by atomic mass is 10.1. The molecule has 3 nitrogen and oxygen atoms in total. The van der Waals surface area contributed by atoms with Crippen molar-refractivity contribution in [2.24, 2.45) is 5.73 Å². The molecule has 0 saturated carbocycles. The van der Waals surface area contributed by atoms with Crippen molar-refractivity contribution in [3.63, 3.8) is 0 Å². The van der Waals surface area contributed by atoms with Gasteiger partial charge < -0.3 is 11.1 Å². The molecule has 0 spiro atoms. The number of benzene rings is 2. The number of carbonyl (C=O) groups excluding carboxylic acids is 1. The highest BCUT2D eigenvalue weighted by Gasteiger charge is 2.13. The Kier molecular flexibility index (Phi) is 4.10. The van der Waals surface area contributed by atoms with Gasteiger partial charge in [-0.1, -0.05) is 42.5 Å². The van der Waals surface area contributed by atoms with Gasteiger partial charge in [0.2, 0.25) is 5.91 Å². The smallest absolute Gasteiger partial charge is 0.241 e. The summed E-state index contributed by atoms with van der Waals surface area (Å²) in [5, 5.41) is 2.78. The second kappa shape index (κ2) is 5.98. The molecule has 0 saturated heterocycles. The van der Waals surface area contributed by atoms with Crippen molar-refractivity contribution < 1.29 is 4.79 Å². The third kappa shape index (κ3) is 3.43. The summed E-state index contributed by atoms with van der Waals surface area (Å²) < 4.78 is 0. The Morgan fingerprint density at radius 1 is 1.17 bits per heavy atom. The summed E-state index contributed by atoms with van der Waals surface area (Å²) in [5.41, 5.74) is 7.67. The Balaban J connectivity index is 1.93. The topological polar surface area (TPSA) is 55.1 Å². The molecule has 2 aromatic rings. The molecule has 3 heteroatoms. The van der Waals surface area contributed by atoms with E-state index in [4.69, 9.17) is 5.73 Å². The Labute approximate surface area is 107 Å². The van der Waals surface area contributed by atoms with Gasteiger partial charge in [-0.05, 0) is 30.2 Å². The third-order valence-electron chi connectivity index (χ3n) is 2.62. The van der Waals surface area contributed by atoms with Gasteiger partial charge in [-0.3, -0.25) is 4.79 Å². The maximum atomic E-state index is 11.9. The van der Waals surface area contributed by atoms with E-state index in [2.05, 4.69) is 11.4 Å². The summed E-state index contributed by atoms with van der Waals surface area (Å²) in [6.45, 7) is 0. The van der Waals surface area contributed by atoms with Crippen LogP contribution in [0.15, 0.2) is 54.6 Å². The highest BCUT2D eigenvalue weighted by Crippen LogP contribution is 2.07. The second-order valence-corrected chi connectivity index (χ2v) is 4.07. The quantitative estimate of drug-likeness (QED) is 0.857. The van der Waals surface area contributed by atoms with E-state index in [1.165, 1.54) is 0 Å². The summed E-state index contributed by atoms with van der Waals surface area (Å²) in [6.07, 6.45) is 0.533. The van der Waals surface area contributed by atoms with Crippen LogP contribution in [0, 0.1) is 6.07 Å². The first kappa shape index (κ1) is 12.3. The minimum absolute atomic E-state index is 0.176. The number of rotatable bonds is 4. The van der Waals surface area contributed by atoms with Crippen molar-refractivity contribution in [3.05, 3.63) is 66.2 Å². The summed E-state index contributed by atoms with van der Waals surface area (Å²) in [5.74, 6) is -0.176. The number of anilines is 1. The Bertz CT molecular complexity index is 496. The number of nitrogens with one attached hydrogen (secondary N) is 1. The molecule has 91 valence electrons. The molecule has 0 unspecified atom stereocenters. The number of amides is 1. The minimum Gasteiger partial charge on any atom is -0.325 e. The maximum Gasteiger partial charge on any atom is 0.241 e. The molecule has 0 aliphatic rings. The molecular formula is C15H15N2O. The van der Waals surface area contributed by atoms with Crippen molar-refractivity contribution in [1.29, 1.82) is 0 Å². The fraction of sp³-hybridized carbons (Fsp3) is 0.133. The first-order valence-electron chi connectivity index (χ1n) is 5.82. The predicted molar refractivity (Wildman–Crippen MR) is 72.0 cm³/mol. The summed E-state index contributed by atoms with van der Waals surface area (Å²) in [7, 11) is 0. The molecule has 2 aromatic carbocycles. The molecule has 1 radical (unpaired) electrons. The molecule has 0 aliphatic heterocycles. The zero-order valence-electron chi connectivity index (χ0n) is 9.97. The van der Waals surface area contributed by atoms with Crippen LogP contribution in [0.2, 0.25) is 0 Å². The standard InChI is InChI=1S/C15H15N2O/c16-14(11-12-7-3-1-4-8-12)15(18)17-13-9-5-2-6-10-13/h1,3-10,14H,11,16H2,(H,17,18)/t14-/m0/s1. The molecule has 0 aromatic heterocycles. The largest absolute Gasteiger partial charge is 0.325 e. The van der Waals surface area contributed by atoms with E-state index < -0.39 is 6.04 Å². The molecule has 0 aliphatic carbocycles. The van der Waals surface area contributed by atoms with Gasteiger partial charge in [0.05, 0.1) is 6.04 Å². The van der Waals surface area contributed by atoms with Crippen molar-refractivity contribution in [1.82, 2.24) is 0 Å². The van der Waals surface area contributed by atoms with Crippen LogP contribution in [0.3, 0.4) is 0 Å². The fourth-order valence-electron chi connectivity index (χ4n) is 1.67. The normalized spacial score (nSPS) is 11.8. The molecule has 0 bridgehead atoms. The highest BCUT2D eigenvalue weighted by molar-refractivity contribution is 5.94. The molecule has 3 N–H and O–H groups in total. The van der Waals surface area contributed by atoms with Gasteiger partial charge in [0, 0.05) is 5.69 Å². The lowest BCUT2D eigenvalue weighted by Gasteiger charge is -2.12. The van der Waals surface area contributed by atoms with Gasteiger partial charge >= 0.3 is 0 Å². The number of carbonyl (C=O) groups is 1. The van der Waals surface area contributed by atoms with Gasteiger partial charge in [0.1, 0.15) is 0 Å². The fourth-order valence-corrected chi connectivity index (χ4v) is 1.67. The van der Waals surface area contributed by atoms with E-state index in [9.17, 15) is 4.79 Å². The lowest BCUT2D eigenvalue weighted by Crippen LogP contribution is -2.37.